The van der Waals surface area contributed by atoms with Crippen LogP contribution in [0.15, 0.2) is 0 Å². The molecule has 3 heterocycles. The lowest BCUT2D eigenvalue weighted by atomic mass is 9.79. The highest BCUT2D eigenvalue weighted by Crippen LogP contribution is 2.42. The molecule has 3 aliphatic heterocycles. The average Bonchev–Trinajstić information content (AvgIpc) is 2.75. The van der Waals surface area contributed by atoms with Crippen LogP contribution in [0, 0.1) is 11.8 Å². The summed E-state index contributed by atoms with van der Waals surface area (Å²) in [6, 6.07) is 0. The highest BCUT2D eigenvalue weighted by atomic mass is 16.7. The van der Waals surface area contributed by atoms with Gasteiger partial charge in [-0.25, -0.2) is 4.79 Å². The second-order valence-corrected chi connectivity index (χ2v) is 6.86. The summed E-state index contributed by atoms with van der Waals surface area (Å²) in [6.45, 7) is 9.85. The summed E-state index contributed by atoms with van der Waals surface area (Å²) in [5.74, 6) is -0.140. The molecule has 0 radical (unpaired) electrons. The van der Waals surface area contributed by atoms with E-state index < -0.39 is 11.4 Å². The maximum Gasteiger partial charge on any atom is 0.410 e. The van der Waals surface area contributed by atoms with Gasteiger partial charge in [-0.15, -0.1) is 0 Å². The maximum absolute atomic E-state index is 12.2. The van der Waals surface area contributed by atoms with Crippen molar-refractivity contribution in [3.8, 4) is 0 Å². The predicted molar refractivity (Wildman–Crippen MR) is 72.3 cm³/mol. The summed E-state index contributed by atoms with van der Waals surface area (Å²) in [7, 11) is 0. The van der Waals surface area contributed by atoms with Crippen LogP contribution < -0.4 is 5.32 Å². The molecule has 2 atom stereocenters. The molecule has 114 valence electrons. The van der Waals surface area contributed by atoms with Crippen LogP contribution >= 0.6 is 0 Å². The van der Waals surface area contributed by atoms with Crippen molar-refractivity contribution < 1.29 is 19.0 Å². The third-order valence-electron chi connectivity index (χ3n) is 4.19. The van der Waals surface area contributed by atoms with Gasteiger partial charge < -0.3 is 24.4 Å². The van der Waals surface area contributed by atoms with E-state index >= 15 is 0 Å². The van der Waals surface area contributed by atoms with Gasteiger partial charge in [0, 0.05) is 38.0 Å². The molecule has 2 bridgehead atoms. The normalized spacial score (nSPS) is 32.5. The van der Waals surface area contributed by atoms with Crippen molar-refractivity contribution in [2.75, 3.05) is 39.4 Å². The van der Waals surface area contributed by atoms with Crippen LogP contribution in [0.3, 0.4) is 0 Å². The summed E-state index contributed by atoms with van der Waals surface area (Å²) < 4.78 is 17.4. The number of amides is 1. The molecular weight excluding hydrogens is 260 g/mol. The standard InChI is InChI=1S/C14H24N2O4/c1-13(2,3)20-12(17)16-8-10-6-15-7-11(9-16)14(10)18-4-5-19-14/h10-11,15H,4-9H2,1-3H3. The van der Waals surface area contributed by atoms with E-state index in [1.165, 1.54) is 0 Å². The van der Waals surface area contributed by atoms with Crippen molar-refractivity contribution in [2.45, 2.75) is 32.2 Å². The van der Waals surface area contributed by atoms with Crippen LogP contribution in [0.25, 0.3) is 0 Å². The molecule has 0 aromatic heterocycles. The third kappa shape index (κ3) is 2.40. The quantitative estimate of drug-likeness (QED) is 0.713. The molecule has 3 aliphatic rings. The summed E-state index contributed by atoms with van der Waals surface area (Å²) >= 11 is 0. The summed E-state index contributed by atoms with van der Waals surface area (Å²) in [5, 5.41) is 3.41. The first-order valence-electron chi connectivity index (χ1n) is 7.37. The molecule has 2 unspecified atom stereocenters. The molecule has 3 saturated heterocycles. The maximum atomic E-state index is 12.2. The summed E-state index contributed by atoms with van der Waals surface area (Å²) in [6.07, 6.45) is -0.234. The van der Waals surface area contributed by atoms with E-state index in [1.807, 2.05) is 20.8 Å². The van der Waals surface area contributed by atoms with Gasteiger partial charge in [-0.1, -0.05) is 0 Å². The van der Waals surface area contributed by atoms with E-state index in [0.717, 1.165) is 13.1 Å². The van der Waals surface area contributed by atoms with Gasteiger partial charge >= 0.3 is 6.09 Å². The predicted octanol–water partition coefficient (Wildman–Crippen LogP) is 0.816. The lowest BCUT2D eigenvalue weighted by Gasteiger charge is -2.52. The molecule has 1 amide bonds. The van der Waals surface area contributed by atoms with Crippen molar-refractivity contribution in [3.05, 3.63) is 0 Å². The van der Waals surface area contributed by atoms with Crippen LogP contribution in [-0.2, 0) is 14.2 Å². The zero-order valence-electron chi connectivity index (χ0n) is 12.5. The first kappa shape index (κ1) is 14.1. The lowest BCUT2D eigenvalue weighted by molar-refractivity contribution is -0.259. The molecule has 0 aromatic rings. The molecule has 1 spiro atoms. The number of piperidine rings is 2. The van der Waals surface area contributed by atoms with E-state index in [2.05, 4.69) is 5.32 Å². The number of likely N-dealkylation sites (tertiary alicyclic amines) is 1. The molecule has 0 aliphatic carbocycles. The first-order valence-corrected chi connectivity index (χ1v) is 7.37. The SMILES string of the molecule is CC(C)(C)OC(=O)N1CC2CNCC(C1)C21OCCO1. The van der Waals surface area contributed by atoms with Crippen molar-refractivity contribution in [3.63, 3.8) is 0 Å². The zero-order chi connectivity index (χ0) is 14.4. The largest absolute Gasteiger partial charge is 0.444 e. The number of nitrogens with one attached hydrogen (secondary N) is 1. The van der Waals surface area contributed by atoms with Crippen molar-refractivity contribution >= 4 is 6.09 Å². The van der Waals surface area contributed by atoms with Crippen molar-refractivity contribution in [1.29, 1.82) is 0 Å². The van der Waals surface area contributed by atoms with E-state index in [0.29, 0.717) is 26.3 Å². The Labute approximate surface area is 119 Å². The topological polar surface area (TPSA) is 60.0 Å². The van der Waals surface area contributed by atoms with Gasteiger partial charge in [0.25, 0.3) is 0 Å². The molecule has 1 N–H and O–H groups in total. The Bertz CT molecular complexity index is 371. The van der Waals surface area contributed by atoms with E-state index in [1.54, 1.807) is 4.90 Å². The second kappa shape index (κ2) is 4.86. The number of hydrogen-bond acceptors (Lipinski definition) is 5. The fourth-order valence-electron chi connectivity index (χ4n) is 3.43. The third-order valence-corrected chi connectivity index (χ3v) is 4.19. The smallest absolute Gasteiger partial charge is 0.410 e. The van der Waals surface area contributed by atoms with Crippen LogP contribution in [0.5, 0.6) is 0 Å². The Morgan fingerprint density at radius 2 is 1.75 bits per heavy atom. The molecule has 3 fully saturated rings. The molecule has 20 heavy (non-hydrogen) atoms. The van der Waals surface area contributed by atoms with E-state index in [4.69, 9.17) is 14.2 Å². The van der Waals surface area contributed by atoms with Gasteiger partial charge in [0.1, 0.15) is 5.60 Å². The number of carbonyl (C=O) groups is 1. The number of rotatable bonds is 0. The van der Waals surface area contributed by atoms with Crippen LogP contribution in [0.4, 0.5) is 4.79 Å². The minimum atomic E-state index is -0.482. The summed E-state index contributed by atoms with van der Waals surface area (Å²) in [5.41, 5.74) is -0.458. The monoisotopic (exact) mass is 284 g/mol. The molecule has 0 aromatic carbocycles. The van der Waals surface area contributed by atoms with Gasteiger partial charge in [0.15, 0.2) is 5.79 Å². The van der Waals surface area contributed by atoms with Gasteiger partial charge in [-0.05, 0) is 20.8 Å². The first-order chi connectivity index (χ1) is 9.41. The highest BCUT2D eigenvalue weighted by Gasteiger charge is 2.57. The van der Waals surface area contributed by atoms with Gasteiger partial charge in [-0.3, -0.25) is 0 Å². The van der Waals surface area contributed by atoms with E-state index in [9.17, 15) is 4.79 Å². The molecule has 0 saturated carbocycles. The van der Waals surface area contributed by atoms with Gasteiger partial charge in [-0.2, -0.15) is 0 Å². The van der Waals surface area contributed by atoms with Crippen molar-refractivity contribution in [2.24, 2.45) is 11.8 Å². The zero-order valence-corrected chi connectivity index (χ0v) is 12.5. The molecule has 3 rings (SSSR count). The van der Waals surface area contributed by atoms with E-state index in [-0.39, 0.29) is 17.9 Å². The Morgan fingerprint density at radius 1 is 1.20 bits per heavy atom. The Morgan fingerprint density at radius 3 is 2.25 bits per heavy atom. The Kier molecular flexibility index (Phi) is 3.43. The lowest BCUT2D eigenvalue weighted by Crippen LogP contribution is -2.67. The minimum Gasteiger partial charge on any atom is -0.444 e. The van der Waals surface area contributed by atoms with Crippen LogP contribution in [0.2, 0.25) is 0 Å². The van der Waals surface area contributed by atoms with Crippen molar-refractivity contribution in [1.82, 2.24) is 10.2 Å². The number of ether oxygens (including phenoxy) is 3. The Hall–Kier alpha value is -0.850. The van der Waals surface area contributed by atoms with Gasteiger partial charge in [0.05, 0.1) is 13.2 Å². The second-order valence-electron chi connectivity index (χ2n) is 6.86. The summed E-state index contributed by atoms with van der Waals surface area (Å²) in [4.78, 5) is 14.1. The number of hydrogen-bond donors (Lipinski definition) is 1. The van der Waals surface area contributed by atoms with Crippen LogP contribution in [-0.4, -0.2) is 61.8 Å². The molecule has 6 nitrogen and oxygen atoms in total. The highest BCUT2D eigenvalue weighted by molar-refractivity contribution is 5.68. The Balaban J connectivity index is 1.72. The molecule has 6 heteroatoms. The minimum absolute atomic E-state index is 0.171. The van der Waals surface area contributed by atoms with Crippen LogP contribution in [0.1, 0.15) is 20.8 Å². The molecular formula is C14H24N2O4. The fourth-order valence-corrected chi connectivity index (χ4v) is 3.43. The van der Waals surface area contributed by atoms with Gasteiger partial charge in [0.2, 0.25) is 0 Å². The average molecular weight is 284 g/mol. The fraction of sp³-hybridized carbons (Fsp3) is 0.929. The number of nitrogens with zero attached hydrogens (tertiary/aromatic N) is 1. The number of carbonyl (C=O) groups excluding carboxylic acids is 1.